The first-order valence-electron chi connectivity index (χ1n) is 4.93. The summed E-state index contributed by atoms with van der Waals surface area (Å²) in [4.78, 5) is 0. The summed E-state index contributed by atoms with van der Waals surface area (Å²) < 4.78 is 27.9. The molecule has 1 aliphatic carbocycles. The Balaban J connectivity index is 2.55. The average Bonchev–Trinajstić information content (AvgIpc) is 2.45. The Labute approximate surface area is 85.7 Å². The number of sulfone groups is 1. The maximum Gasteiger partial charge on any atom is 0.150 e. The van der Waals surface area contributed by atoms with Crippen molar-refractivity contribution in [3.05, 3.63) is 0 Å². The summed E-state index contributed by atoms with van der Waals surface area (Å²) in [5, 5.41) is -0.270. The van der Waals surface area contributed by atoms with Crippen molar-refractivity contribution in [3.8, 4) is 0 Å². The van der Waals surface area contributed by atoms with Gasteiger partial charge in [0.05, 0.1) is 11.9 Å². The van der Waals surface area contributed by atoms with Crippen LogP contribution in [-0.2, 0) is 14.6 Å². The molecular weight excluding hydrogens is 202 g/mol. The van der Waals surface area contributed by atoms with Crippen LogP contribution in [0.4, 0.5) is 0 Å². The number of ether oxygens (including phenoxy) is 1. The molecule has 0 unspecified atom stereocenters. The van der Waals surface area contributed by atoms with E-state index in [0.29, 0.717) is 26.1 Å². The van der Waals surface area contributed by atoms with Gasteiger partial charge >= 0.3 is 0 Å². The topological polar surface area (TPSA) is 69.4 Å². The Morgan fingerprint density at radius 3 is 2.64 bits per heavy atom. The predicted molar refractivity (Wildman–Crippen MR) is 55.9 cm³/mol. The summed E-state index contributed by atoms with van der Waals surface area (Å²) in [6.45, 7) is 3.00. The first-order chi connectivity index (χ1) is 6.37. The standard InChI is InChI=1S/C9H19NO3S/c1-3-13-7-9(10)5-4-8(6-9)14(2,11)12/h8H,3-7,10H2,1-2H3/t8-,9-/m0/s1. The molecule has 2 N–H and O–H groups in total. The molecule has 0 aromatic rings. The van der Waals surface area contributed by atoms with Crippen molar-refractivity contribution in [2.24, 2.45) is 5.73 Å². The van der Waals surface area contributed by atoms with Crippen molar-refractivity contribution in [2.45, 2.75) is 37.0 Å². The normalized spacial score (nSPS) is 33.5. The smallest absolute Gasteiger partial charge is 0.150 e. The highest BCUT2D eigenvalue weighted by molar-refractivity contribution is 7.91. The molecule has 0 saturated heterocycles. The van der Waals surface area contributed by atoms with E-state index in [1.165, 1.54) is 6.26 Å². The summed E-state index contributed by atoms with van der Waals surface area (Å²) in [7, 11) is -2.93. The predicted octanol–water partition coefficient (Wildman–Crippen LogP) is 0.317. The van der Waals surface area contributed by atoms with Crippen molar-refractivity contribution in [1.29, 1.82) is 0 Å². The van der Waals surface area contributed by atoms with E-state index in [-0.39, 0.29) is 5.25 Å². The molecule has 1 fully saturated rings. The SMILES string of the molecule is CCOC[C@]1(N)CC[C@H](S(C)(=O)=O)C1. The monoisotopic (exact) mass is 221 g/mol. The Bertz CT molecular complexity index is 288. The molecule has 1 aliphatic rings. The van der Waals surface area contributed by atoms with Crippen LogP contribution in [0.3, 0.4) is 0 Å². The fraction of sp³-hybridized carbons (Fsp3) is 1.00. The minimum absolute atomic E-state index is 0.270. The van der Waals surface area contributed by atoms with E-state index in [9.17, 15) is 8.42 Å². The molecule has 0 amide bonds. The number of hydrogen-bond acceptors (Lipinski definition) is 4. The molecule has 5 heteroatoms. The average molecular weight is 221 g/mol. The molecule has 0 heterocycles. The zero-order valence-corrected chi connectivity index (χ0v) is 9.64. The van der Waals surface area contributed by atoms with E-state index in [1.54, 1.807) is 0 Å². The van der Waals surface area contributed by atoms with E-state index in [0.717, 1.165) is 6.42 Å². The molecule has 0 aromatic carbocycles. The summed E-state index contributed by atoms with van der Waals surface area (Å²) >= 11 is 0. The molecule has 0 aliphatic heterocycles. The van der Waals surface area contributed by atoms with Crippen LogP contribution >= 0.6 is 0 Å². The minimum atomic E-state index is -2.93. The minimum Gasteiger partial charge on any atom is -0.380 e. The van der Waals surface area contributed by atoms with Gasteiger partial charge in [-0.05, 0) is 26.2 Å². The second-order valence-corrected chi connectivity index (χ2v) is 6.52. The van der Waals surface area contributed by atoms with Gasteiger partial charge in [-0.2, -0.15) is 0 Å². The molecule has 14 heavy (non-hydrogen) atoms. The van der Waals surface area contributed by atoms with Gasteiger partial charge in [0, 0.05) is 18.4 Å². The van der Waals surface area contributed by atoms with Gasteiger partial charge < -0.3 is 10.5 Å². The number of hydrogen-bond donors (Lipinski definition) is 1. The van der Waals surface area contributed by atoms with E-state index >= 15 is 0 Å². The van der Waals surface area contributed by atoms with Crippen molar-refractivity contribution in [1.82, 2.24) is 0 Å². The van der Waals surface area contributed by atoms with E-state index < -0.39 is 15.4 Å². The van der Waals surface area contributed by atoms with Crippen molar-refractivity contribution in [3.63, 3.8) is 0 Å². The fourth-order valence-corrected chi connectivity index (χ4v) is 3.09. The summed E-state index contributed by atoms with van der Waals surface area (Å²) in [5.74, 6) is 0. The largest absolute Gasteiger partial charge is 0.380 e. The third kappa shape index (κ3) is 2.93. The highest BCUT2D eigenvalue weighted by atomic mass is 32.2. The first-order valence-corrected chi connectivity index (χ1v) is 6.88. The van der Waals surface area contributed by atoms with Gasteiger partial charge in [0.2, 0.25) is 0 Å². The fourth-order valence-electron chi connectivity index (χ4n) is 1.91. The second-order valence-electron chi connectivity index (χ2n) is 4.19. The first kappa shape index (κ1) is 11.9. The Kier molecular flexibility index (Phi) is 3.55. The lowest BCUT2D eigenvalue weighted by atomic mass is 10.0. The third-order valence-corrected chi connectivity index (χ3v) is 4.41. The van der Waals surface area contributed by atoms with Crippen molar-refractivity contribution < 1.29 is 13.2 Å². The lowest BCUT2D eigenvalue weighted by Crippen LogP contribution is -2.42. The van der Waals surface area contributed by atoms with Gasteiger partial charge in [-0.3, -0.25) is 0 Å². The van der Waals surface area contributed by atoms with Crippen LogP contribution in [0.1, 0.15) is 26.2 Å². The van der Waals surface area contributed by atoms with E-state index in [2.05, 4.69) is 0 Å². The summed E-state index contributed by atoms with van der Waals surface area (Å²) in [6.07, 6.45) is 3.23. The van der Waals surface area contributed by atoms with Crippen molar-refractivity contribution >= 4 is 9.84 Å². The molecular formula is C9H19NO3S. The zero-order valence-electron chi connectivity index (χ0n) is 8.82. The Hall–Kier alpha value is -0.130. The van der Waals surface area contributed by atoms with Crippen LogP contribution in [0.2, 0.25) is 0 Å². The van der Waals surface area contributed by atoms with Gasteiger partial charge in [0.1, 0.15) is 9.84 Å². The van der Waals surface area contributed by atoms with Gasteiger partial charge in [-0.1, -0.05) is 0 Å². The van der Waals surface area contributed by atoms with Crippen LogP contribution in [-0.4, -0.2) is 38.7 Å². The van der Waals surface area contributed by atoms with Gasteiger partial charge in [0.15, 0.2) is 0 Å². The second kappa shape index (κ2) is 4.16. The van der Waals surface area contributed by atoms with Gasteiger partial charge in [-0.15, -0.1) is 0 Å². The number of rotatable bonds is 4. The molecule has 1 saturated carbocycles. The molecule has 4 nitrogen and oxygen atoms in total. The molecule has 0 aromatic heterocycles. The zero-order chi connectivity index (χ0) is 10.8. The van der Waals surface area contributed by atoms with E-state index in [4.69, 9.17) is 10.5 Å². The van der Waals surface area contributed by atoms with Crippen LogP contribution < -0.4 is 5.73 Å². The van der Waals surface area contributed by atoms with Gasteiger partial charge in [-0.25, -0.2) is 8.42 Å². The summed E-state index contributed by atoms with van der Waals surface area (Å²) in [5.41, 5.74) is 5.62. The number of nitrogens with two attached hydrogens (primary N) is 1. The molecule has 84 valence electrons. The Morgan fingerprint density at radius 2 is 2.21 bits per heavy atom. The molecule has 0 radical (unpaired) electrons. The lowest BCUT2D eigenvalue weighted by Gasteiger charge is -2.23. The maximum atomic E-state index is 11.3. The van der Waals surface area contributed by atoms with Crippen LogP contribution in [0.25, 0.3) is 0 Å². The lowest BCUT2D eigenvalue weighted by molar-refractivity contribution is 0.0968. The van der Waals surface area contributed by atoms with Crippen LogP contribution in [0.15, 0.2) is 0 Å². The summed E-state index contributed by atoms with van der Waals surface area (Å²) in [6, 6.07) is 0. The highest BCUT2D eigenvalue weighted by Crippen LogP contribution is 2.32. The molecule has 0 spiro atoms. The highest BCUT2D eigenvalue weighted by Gasteiger charge is 2.40. The van der Waals surface area contributed by atoms with Crippen LogP contribution in [0, 0.1) is 0 Å². The van der Waals surface area contributed by atoms with Crippen molar-refractivity contribution in [2.75, 3.05) is 19.5 Å². The maximum absolute atomic E-state index is 11.3. The third-order valence-electron chi connectivity index (χ3n) is 2.80. The van der Waals surface area contributed by atoms with Gasteiger partial charge in [0.25, 0.3) is 0 Å². The molecule has 1 rings (SSSR count). The molecule has 0 bridgehead atoms. The molecule has 2 atom stereocenters. The van der Waals surface area contributed by atoms with Crippen LogP contribution in [0.5, 0.6) is 0 Å². The quantitative estimate of drug-likeness (QED) is 0.742. The van der Waals surface area contributed by atoms with E-state index in [1.807, 2.05) is 6.92 Å². The Morgan fingerprint density at radius 1 is 1.57 bits per heavy atom.